The van der Waals surface area contributed by atoms with Crippen LogP contribution in [-0.4, -0.2) is 7.11 Å². The minimum atomic E-state index is -0.520. The summed E-state index contributed by atoms with van der Waals surface area (Å²) < 4.78 is 18.1. The van der Waals surface area contributed by atoms with E-state index < -0.39 is 5.82 Å². The second-order valence-corrected chi connectivity index (χ2v) is 4.34. The predicted molar refractivity (Wildman–Crippen MR) is 66.5 cm³/mol. The maximum absolute atomic E-state index is 13.2. The number of rotatable bonds is 1. The molecular formula is C9H5ClFIOS. The van der Waals surface area contributed by atoms with Gasteiger partial charge in [-0.25, -0.2) is 4.39 Å². The van der Waals surface area contributed by atoms with Crippen molar-refractivity contribution in [2.45, 2.75) is 0 Å². The molecule has 0 aliphatic carbocycles. The molecule has 0 aliphatic heterocycles. The molecule has 0 saturated heterocycles. The van der Waals surface area contributed by atoms with Crippen molar-refractivity contribution in [3.8, 4) is 16.9 Å². The maximum Gasteiger partial charge on any atom is 0.146 e. The summed E-state index contributed by atoms with van der Waals surface area (Å²) in [5.41, 5.74) is 0.549. The third-order valence-electron chi connectivity index (χ3n) is 1.45. The lowest BCUT2D eigenvalue weighted by Gasteiger charge is -2.03. The van der Waals surface area contributed by atoms with E-state index >= 15 is 0 Å². The number of hydrogen-bond donors (Lipinski definition) is 0. The van der Waals surface area contributed by atoms with Gasteiger partial charge in [0.25, 0.3) is 0 Å². The molecule has 0 aliphatic rings. The lowest BCUT2D eigenvalue weighted by molar-refractivity contribution is 0.411. The second-order valence-electron chi connectivity index (χ2n) is 2.28. The number of ether oxygens (including phenoxy) is 1. The minimum Gasteiger partial charge on any atom is -0.495 e. The van der Waals surface area contributed by atoms with Crippen molar-refractivity contribution < 1.29 is 9.13 Å². The van der Waals surface area contributed by atoms with Crippen LogP contribution in [0.2, 0.25) is 5.02 Å². The second kappa shape index (κ2) is 5.69. The molecule has 0 heterocycles. The van der Waals surface area contributed by atoms with Gasteiger partial charge in [0.05, 0.1) is 7.11 Å². The van der Waals surface area contributed by atoms with Crippen LogP contribution in [0.5, 0.6) is 5.75 Å². The van der Waals surface area contributed by atoms with Gasteiger partial charge in [0.1, 0.15) is 16.6 Å². The van der Waals surface area contributed by atoms with Crippen molar-refractivity contribution in [1.82, 2.24) is 0 Å². The number of hydrogen-bond acceptors (Lipinski definition) is 2. The molecule has 1 aromatic carbocycles. The lowest BCUT2D eigenvalue weighted by Crippen LogP contribution is -1.89. The summed E-state index contributed by atoms with van der Waals surface area (Å²) in [6, 6.07) is 2.88. The molecule has 0 atom stereocenters. The Hall–Kier alpha value is -0.120. The Kier molecular flexibility index (Phi) is 4.85. The SMILES string of the molecule is COc1cc(C#CSI)cc(F)c1Cl. The van der Waals surface area contributed by atoms with Crippen LogP contribution in [0.15, 0.2) is 12.1 Å². The van der Waals surface area contributed by atoms with Gasteiger partial charge in [-0.05, 0) is 26.3 Å². The molecule has 0 radical (unpaired) electrons. The molecule has 0 bridgehead atoms. The fourth-order valence-corrected chi connectivity index (χ4v) is 1.54. The largest absolute Gasteiger partial charge is 0.495 e. The van der Waals surface area contributed by atoms with Crippen molar-refractivity contribution in [2.24, 2.45) is 0 Å². The molecule has 0 spiro atoms. The molecule has 5 heteroatoms. The van der Waals surface area contributed by atoms with Gasteiger partial charge in [-0.15, -0.1) is 0 Å². The van der Waals surface area contributed by atoms with E-state index in [4.69, 9.17) is 16.3 Å². The van der Waals surface area contributed by atoms with E-state index in [-0.39, 0.29) is 5.02 Å². The average molecular weight is 343 g/mol. The fraction of sp³-hybridized carbons (Fsp3) is 0.111. The Morgan fingerprint density at radius 3 is 2.86 bits per heavy atom. The summed E-state index contributed by atoms with van der Waals surface area (Å²) >= 11 is 7.68. The molecular weight excluding hydrogens is 338 g/mol. The van der Waals surface area contributed by atoms with Crippen molar-refractivity contribution in [3.05, 3.63) is 28.5 Å². The van der Waals surface area contributed by atoms with Crippen LogP contribution in [0.25, 0.3) is 0 Å². The highest BCUT2D eigenvalue weighted by Crippen LogP contribution is 2.28. The first-order chi connectivity index (χ1) is 6.69. The fourth-order valence-electron chi connectivity index (χ4n) is 0.863. The van der Waals surface area contributed by atoms with Gasteiger partial charge in [0.2, 0.25) is 0 Å². The van der Waals surface area contributed by atoms with Crippen LogP contribution in [0.4, 0.5) is 4.39 Å². The van der Waals surface area contributed by atoms with Crippen molar-refractivity contribution in [2.75, 3.05) is 7.11 Å². The Morgan fingerprint density at radius 1 is 1.57 bits per heavy atom. The van der Waals surface area contributed by atoms with Crippen molar-refractivity contribution in [1.29, 1.82) is 0 Å². The maximum atomic E-state index is 13.2. The van der Waals surface area contributed by atoms with Gasteiger partial charge in [0, 0.05) is 26.8 Å². The van der Waals surface area contributed by atoms with Gasteiger partial charge in [0.15, 0.2) is 0 Å². The van der Waals surface area contributed by atoms with E-state index in [2.05, 4.69) is 11.2 Å². The molecule has 0 unspecified atom stereocenters. The highest BCUT2D eigenvalue weighted by molar-refractivity contribution is 14.2. The van der Waals surface area contributed by atoms with Crippen LogP contribution in [-0.2, 0) is 0 Å². The topological polar surface area (TPSA) is 9.23 Å². The molecule has 14 heavy (non-hydrogen) atoms. The van der Waals surface area contributed by atoms with E-state index in [0.717, 1.165) is 0 Å². The van der Waals surface area contributed by atoms with Gasteiger partial charge >= 0.3 is 0 Å². The Balaban J connectivity index is 3.16. The summed E-state index contributed by atoms with van der Waals surface area (Å²) in [4.78, 5) is 0. The summed E-state index contributed by atoms with van der Waals surface area (Å²) in [6.07, 6.45) is 0. The van der Waals surface area contributed by atoms with Crippen LogP contribution in [0.3, 0.4) is 0 Å². The molecule has 1 aromatic rings. The summed E-state index contributed by atoms with van der Waals surface area (Å²) in [6.45, 7) is 0. The molecule has 1 nitrogen and oxygen atoms in total. The van der Waals surface area contributed by atoms with Crippen molar-refractivity contribution >= 4 is 41.7 Å². The normalized spacial score (nSPS) is 9.14. The van der Waals surface area contributed by atoms with Crippen LogP contribution in [0, 0.1) is 17.0 Å². The quantitative estimate of drug-likeness (QED) is 0.566. The molecule has 0 amide bonds. The van der Waals surface area contributed by atoms with E-state index in [1.54, 1.807) is 6.07 Å². The Labute approximate surface area is 103 Å². The van der Waals surface area contributed by atoms with E-state index in [9.17, 15) is 4.39 Å². The van der Waals surface area contributed by atoms with Crippen LogP contribution >= 0.6 is 41.7 Å². The van der Waals surface area contributed by atoms with Gasteiger partial charge < -0.3 is 4.74 Å². The number of halogens is 3. The molecule has 0 N–H and O–H groups in total. The standard InChI is InChI=1S/C9H5ClFIOS/c1-13-8-5-6(2-3-14-12)4-7(11)9(8)10/h4-5H,1H3. The van der Waals surface area contributed by atoms with Crippen LogP contribution in [0.1, 0.15) is 5.56 Å². The first kappa shape index (κ1) is 12.0. The third-order valence-corrected chi connectivity index (χ3v) is 2.66. The zero-order valence-corrected chi connectivity index (χ0v) is 10.8. The Morgan fingerprint density at radius 2 is 2.29 bits per heavy atom. The predicted octanol–water partition coefficient (Wildman–Crippen LogP) is 3.88. The highest BCUT2D eigenvalue weighted by atomic mass is 127. The van der Waals surface area contributed by atoms with Gasteiger partial charge in [-0.1, -0.05) is 17.5 Å². The molecule has 0 fully saturated rings. The van der Waals surface area contributed by atoms with E-state index in [0.29, 0.717) is 11.3 Å². The molecule has 1 rings (SSSR count). The zero-order valence-electron chi connectivity index (χ0n) is 7.11. The lowest BCUT2D eigenvalue weighted by atomic mass is 10.2. The minimum absolute atomic E-state index is 0.0137. The van der Waals surface area contributed by atoms with E-state index in [1.165, 1.54) is 22.1 Å². The molecule has 0 aromatic heterocycles. The highest BCUT2D eigenvalue weighted by Gasteiger charge is 2.07. The third kappa shape index (κ3) is 2.94. The number of methoxy groups -OCH3 is 1. The summed E-state index contributed by atoms with van der Waals surface area (Å²) in [7, 11) is 2.77. The first-order valence-electron chi connectivity index (χ1n) is 3.50. The smallest absolute Gasteiger partial charge is 0.146 e. The van der Waals surface area contributed by atoms with Gasteiger partial charge in [-0.3, -0.25) is 0 Å². The average Bonchev–Trinajstić information content (AvgIpc) is 2.19. The van der Waals surface area contributed by atoms with E-state index in [1.807, 2.05) is 21.2 Å². The summed E-state index contributed by atoms with van der Waals surface area (Å²) in [5, 5.41) is 2.74. The zero-order chi connectivity index (χ0) is 10.6. The number of benzene rings is 1. The van der Waals surface area contributed by atoms with Crippen LogP contribution < -0.4 is 4.74 Å². The monoisotopic (exact) mass is 342 g/mol. The first-order valence-corrected chi connectivity index (χ1v) is 7.24. The Bertz CT molecular complexity index is 400. The van der Waals surface area contributed by atoms with Crippen molar-refractivity contribution in [3.63, 3.8) is 0 Å². The molecule has 0 saturated carbocycles. The summed E-state index contributed by atoms with van der Waals surface area (Å²) in [5.74, 6) is 2.54. The van der Waals surface area contributed by atoms with Gasteiger partial charge in [-0.2, -0.15) is 0 Å². The molecule has 74 valence electrons.